The van der Waals surface area contributed by atoms with Crippen LogP contribution < -0.4 is 5.69 Å². The number of carboxylic acids is 1. The van der Waals surface area contributed by atoms with Crippen molar-refractivity contribution in [1.82, 2.24) is 14.8 Å². The molecular formula is C20H19N3O3. The molecule has 0 spiro atoms. The third-order valence-corrected chi connectivity index (χ3v) is 3.99. The maximum absolute atomic E-state index is 11.5. The van der Waals surface area contributed by atoms with Crippen molar-refractivity contribution >= 4 is 12.0 Å². The number of aromatic nitrogens is 3. The summed E-state index contributed by atoms with van der Waals surface area (Å²) in [5, 5.41) is 12.0. The van der Waals surface area contributed by atoms with Gasteiger partial charge in [-0.25, -0.2) is 14.7 Å². The van der Waals surface area contributed by atoms with Crippen LogP contribution in [0.25, 0.3) is 17.2 Å². The molecule has 0 unspecified atom stereocenters. The number of carbonyl (C=O) groups is 1. The number of hydrogen-bond donors (Lipinski definition) is 2. The van der Waals surface area contributed by atoms with Crippen LogP contribution in [0, 0.1) is 0 Å². The van der Waals surface area contributed by atoms with Crippen molar-refractivity contribution < 1.29 is 9.90 Å². The van der Waals surface area contributed by atoms with Gasteiger partial charge < -0.3 is 5.11 Å². The lowest BCUT2D eigenvalue weighted by Gasteiger charge is -2.08. The molecule has 0 bridgehead atoms. The standard InChI is InChI=1S/C20H19N3O3/c1-2-3-8-18-21-20(26)22-23(18)13-14-9-11-15(12-10-14)16-6-4-5-7-17(16)19(24)25/h3-12H,2,13H2,1H3,(H,22,26)(H,24,25). The van der Waals surface area contributed by atoms with Crippen molar-refractivity contribution in [2.45, 2.75) is 19.9 Å². The fraction of sp³-hybridized carbons (Fsp3) is 0.150. The summed E-state index contributed by atoms with van der Waals surface area (Å²) in [6.07, 6.45) is 4.62. The molecule has 0 aliphatic rings. The van der Waals surface area contributed by atoms with Crippen LogP contribution in [0.1, 0.15) is 35.1 Å². The van der Waals surface area contributed by atoms with Gasteiger partial charge in [0.2, 0.25) is 0 Å². The highest BCUT2D eigenvalue weighted by atomic mass is 16.4. The third kappa shape index (κ3) is 3.80. The smallest absolute Gasteiger partial charge is 0.361 e. The van der Waals surface area contributed by atoms with Crippen LogP contribution in [0.4, 0.5) is 0 Å². The van der Waals surface area contributed by atoms with Crippen molar-refractivity contribution in [3.05, 3.63) is 82.0 Å². The summed E-state index contributed by atoms with van der Waals surface area (Å²) in [4.78, 5) is 26.8. The van der Waals surface area contributed by atoms with Crippen molar-refractivity contribution in [2.75, 3.05) is 0 Å². The van der Waals surface area contributed by atoms with Gasteiger partial charge in [0.25, 0.3) is 0 Å². The largest absolute Gasteiger partial charge is 0.478 e. The van der Waals surface area contributed by atoms with Gasteiger partial charge in [-0.3, -0.25) is 4.68 Å². The van der Waals surface area contributed by atoms with E-state index >= 15 is 0 Å². The molecule has 3 aromatic rings. The summed E-state index contributed by atoms with van der Waals surface area (Å²) < 4.78 is 1.69. The molecule has 1 heterocycles. The molecule has 0 aliphatic heterocycles. The average molecular weight is 349 g/mol. The summed E-state index contributed by atoms with van der Waals surface area (Å²) in [6.45, 7) is 2.48. The Bertz CT molecular complexity index is 998. The first-order valence-corrected chi connectivity index (χ1v) is 8.33. The van der Waals surface area contributed by atoms with E-state index in [1.54, 1.807) is 22.9 Å². The number of nitrogens with zero attached hydrogens (tertiary/aromatic N) is 2. The van der Waals surface area contributed by atoms with Gasteiger partial charge in [0, 0.05) is 0 Å². The number of carboxylic acid groups (broad SMARTS) is 1. The van der Waals surface area contributed by atoms with E-state index in [1.165, 1.54) is 0 Å². The molecule has 3 rings (SSSR count). The molecule has 6 nitrogen and oxygen atoms in total. The molecule has 2 aromatic carbocycles. The number of aromatic amines is 1. The van der Waals surface area contributed by atoms with Crippen molar-refractivity contribution in [3.63, 3.8) is 0 Å². The molecule has 26 heavy (non-hydrogen) atoms. The fourth-order valence-electron chi connectivity index (χ4n) is 2.73. The first-order valence-electron chi connectivity index (χ1n) is 8.33. The lowest BCUT2D eigenvalue weighted by molar-refractivity contribution is 0.0697. The minimum absolute atomic E-state index is 0.270. The lowest BCUT2D eigenvalue weighted by atomic mass is 9.99. The predicted molar refractivity (Wildman–Crippen MR) is 100 cm³/mol. The zero-order valence-corrected chi connectivity index (χ0v) is 14.3. The zero-order valence-electron chi connectivity index (χ0n) is 14.3. The number of H-pyrrole nitrogens is 1. The molecule has 0 amide bonds. The van der Waals surface area contributed by atoms with Crippen LogP contribution in [0.5, 0.6) is 0 Å². The van der Waals surface area contributed by atoms with E-state index in [4.69, 9.17) is 0 Å². The maximum Gasteiger partial charge on any atom is 0.361 e. The monoisotopic (exact) mass is 349 g/mol. The van der Waals surface area contributed by atoms with Gasteiger partial charge >= 0.3 is 11.7 Å². The molecule has 1 aromatic heterocycles. The van der Waals surface area contributed by atoms with Crippen LogP contribution in [0.3, 0.4) is 0 Å². The molecular weight excluding hydrogens is 330 g/mol. The second-order valence-electron chi connectivity index (χ2n) is 5.83. The Balaban J connectivity index is 1.87. The Kier molecular flexibility index (Phi) is 5.12. The normalized spacial score (nSPS) is 11.1. The van der Waals surface area contributed by atoms with Gasteiger partial charge in [-0.15, -0.1) is 0 Å². The number of rotatable bonds is 6. The van der Waals surface area contributed by atoms with Crippen LogP contribution in [-0.4, -0.2) is 25.8 Å². The lowest BCUT2D eigenvalue weighted by Crippen LogP contribution is -2.08. The highest BCUT2D eigenvalue weighted by Gasteiger charge is 2.11. The van der Waals surface area contributed by atoms with Crippen molar-refractivity contribution in [3.8, 4) is 11.1 Å². The Morgan fingerprint density at radius 3 is 2.62 bits per heavy atom. The molecule has 2 N–H and O–H groups in total. The van der Waals surface area contributed by atoms with Crippen LogP contribution in [0.2, 0.25) is 0 Å². The fourth-order valence-corrected chi connectivity index (χ4v) is 2.73. The summed E-state index contributed by atoms with van der Waals surface area (Å²) >= 11 is 0. The number of nitrogens with one attached hydrogen (secondary N) is 1. The summed E-state index contributed by atoms with van der Waals surface area (Å²) in [6, 6.07) is 14.5. The van der Waals surface area contributed by atoms with Gasteiger partial charge in [-0.1, -0.05) is 55.5 Å². The van der Waals surface area contributed by atoms with Gasteiger partial charge in [-0.05, 0) is 35.3 Å². The second-order valence-corrected chi connectivity index (χ2v) is 5.83. The number of benzene rings is 2. The molecule has 0 saturated carbocycles. The molecule has 0 atom stereocenters. The Labute approximate surface area is 150 Å². The van der Waals surface area contributed by atoms with Crippen LogP contribution >= 0.6 is 0 Å². The molecule has 0 aliphatic carbocycles. The van der Waals surface area contributed by atoms with E-state index < -0.39 is 5.97 Å². The second kappa shape index (κ2) is 7.65. The topological polar surface area (TPSA) is 88.0 Å². The molecule has 0 saturated heterocycles. The van der Waals surface area contributed by atoms with Crippen molar-refractivity contribution in [1.29, 1.82) is 0 Å². The van der Waals surface area contributed by atoms with E-state index in [-0.39, 0.29) is 11.3 Å². The van der Waals surface area contributed by atoms with Gasteiger partial charge in [0.05, 0.1) is 12.1 Å². The Morgan fingerprint density at radius 2 is 1.92 bits per heavy atom. The maximum atomic E-state index is 11.5. The number of allylic oxidation sites excluding steroid dienone is 1. The summed E-state index contributed by atoms with van der Waals surface area (Å²) in [5.41, 5.74) is 2.37. The number of hydrogen-bond acceptors (Lipinski definition) is 3. The van der Waals surface area contributed by atoms with Crippen LogP contribution in [0.15, 0.2) is 59.4 Å². The highest BCUT2D eigenvalue weighted by Crippen LogP contribution is 2.24. The van der Waals surface area contributed by atoms with Gasteiger partial charge in [-0.2, -0.15) is 4.98 Å². The third-order valence-electron chi connectivity index (χ3n) is 3.99. The van der Waals surface area contributed by atoms with Crippen molar-refractivity contribution in [2.24, 2.45) is 0 Å². The molecule has 6 heteroatoms. The predicted octanol–water partition coefficient (Wildman–Crippen LogP) is 3.41. The average Bonchev–Trinajstić information content (AvgIpc) is 2.99. The quantitative estimate of drug-likeness (QED) is 0.714. The molecule has 0 radical (unpaired) electrons. The summed E-state index contributed by atoms with van der Waals surface area (Å²) in [5.74, 6) is -0.370. The minimum Gasteiger partial charge on any atom is -0.478 e. The SMILES string of the molecule is CCC=Cc1nc(=O)[nH]n1Cc1ccc(-c2ccccc2C(=O)O)cc1. The van der Waals surface area contributed by atoms with E-state index in [0.717, 1.165) is 17.5 Å². The first-order chi connectivity index (χ1) is 12.6. The van der Waals surface area contributed by atoms with Gasteiger partial charge in [0.15, 0.2) is 5.82 Å². The minimum atomic E-state index is -0.951. The summed E-state index contributed by atoms with van der Waals surface area (Å²) in [7, 11) is 0. The van der Waals surface area contributed by atoms with Crippen LogP contribution in [-0.2, 0) is 6.54 Å². The van der Waals surface area contributed by atoms with Gasteiger partial charge in [0.1, 0.15) is 0 Å². The van der Waals surface area contributed by atoms with E-state index in [1.807, 2.05) is 49.4 Å². The molecule has 132 valence electrons. The number of aromatic carboxylic acids is 1. The molecule has 0 fully saturated rings. The highest BCUT2D eigenvalue weighted by molar-refractivity contribution is 5.95. The van der Waals surface area contributed by atoms with E-state index in [0.29, 0.717) is 17.9 Å². The zero-order chi connectivity index (χ0) is 18.5. The van der Waals surface area contributed by atoms with E-state index in [2.05, 4.69) is 10.1 Å². The Hall–Kier alpha value is -3.41. The van der Waals surface area contributed by atoms with E-state index in [9.17, 15) is 14.7 Å². The first kappa shape index (κ1) is 17.4. The Morgan fingerprint density at radius 1 is 1.19 bits per heavy atom.